The number of thioether (sulfide) groups is 1. The molecule has 0 radical (unpaired) electrons. The maximum atomic E-state index is 12.4. The largest absolute Gasteiger partial charge is 0.506 e. The van der Waals surface area contributed by atoms with Crippen LogP contribution < -0.4 is 9.47 Å². The van der Waals surface area contributed by atoms with Gasteiger partial charge in [-0.1, -0.05) is 18.7 Å². The Morgan fingerprint density at radius 3 is 2.57 bits per heavy atom. The van der Waals surface area contributed by atoms with Gasteiger partial charge in [0.05, 0.1) is 29.7 Å². The van der Waals surface area contributed by atoms with Crippen molar-refractivity contribution in [3.05, 3.63) is 38.4 Å². The molecular weight excluding hydrogens is 474 g/mol. The van der Waals surface area contributed by atoms with Crippen molar-refractivity contribution in [2.75, 3.05) is 20.3 Å². The first kappa shape index (κ1) is 24.0. The van der Waals surface area contributed by atoms with Crippen molar-refractivity contribution in [2.24, 2.45) is 4.99 Å². The molecule has 0 saturated heterocycles. The Labute approximate surface area is 188 Å². The number of esters is 1. The average Bonchev–Trinajstić information content (AvgIpc) is 2.98. The fourth-order valence-corrected chi connectivity index (χ4v) is 4.24. The Morgan fingerprint density at radius 1 is 1.23 bits per heavy atom. The van der Waals surface area contributed by atoms with Crippen LogP contribution in [0.15, 0.2) is 37.8 Å². The SMILES string of the molecule is CCCC(=O)N=C1S/C(=C\c2cc(Br)c(OCC)c(OC)c2)C(O)=C1C(=O)OCC. The molecule has 9 heteroatoms. The van der Waals surface area contributed by atoms with Crippen LogP contribution in [0, 0.1) is 0 Å². The minimum atomic E-state index is -0.723. The van der Waals surface area contributed by atoms with Gasteiger partial charge in [-0.05, 0) is 60.0 Å². The van der Waals surface area contributed by atoms with Crippen LogP contribution in [-0.4, -0.2) is 42.4 Å². The Hall–Kier alpha value is -2.26. The van der Waals surface area contributed by atoms with Gasteiger partial charge in [-0.15, -0.1) is 0 Å². The molecule has 162 valence electrons. The predicted octanol–water partition coefficient (Wildman–Crippen LogP) is 5.04. The minimum Gasteiger partial charge on any atom is -0.506 e. The Balaban J connectivity index is 2.51. The second-order valence-corrected chi connectivity index (χ2v) is 7.97. The van der Waals surface area contributed by atoms with Gasteiger partial charge in [0.2, 0.25) is 5.91 Å². The molecule has 0 aromatic heterocycles. The number of ether oxygens (including phenoxy) is 3. The third-order valence-electron chi connectivity index (χ3n) is 3.90. The molecule has 1 heterocycles. The van der Waals surface area contributed by atoms with E-state index < -0.39 is 5.97 Å². The highest BCUT2D eigenvalue weighted by molar-refractivity contribution is 9.10. The van der Waals surface area contributed by atoms with Crippen LogP contribution in [-0.2, 0) is 14.3 Å². The van der Waals surface area contributed by atoms with E-state index in [4.69, 9.17) is 14.2 Å². The topological polar surface area (TPSA) is 94.4 Å². The van der Waals surface area contributed by atoms with E-state index in [1.807, 2.05) is 13.8 Å². The molecule has 0 saturated carbocycles. The van der Waals surface area contributed by atoms with Crippen molar-refractivity contribution >= 4 is 50.7 Å². The molecule has 0 fully saturated rings. The van der Waals surface area contributed by atoms with Crippen molar-refractivity contribution < 1.29 is 28.9 Å². The fourth-order valence-electron chi connectivity index (χ4n) is 2.63. The van der Waals surface area contributed by atoms with E-state index in [-0.39, 0.29) is 35.3 Å². The third-order valence-corrected chi connectivity index (χ3v) is 5.51. The third kappa shape index (κ3) is 5.66. The Bertz CT molecular complexity index is 922. The maximum Gasteiger partial charge on any atom is 0.344 e. The summed E-state index contributed by atoms with van der Waals surface area (Å²) in [4.78, 5) is 28.8. The van der Waals surface area contributed by atoms with Gasteiger partial charge in [0.1, 0.15) is 16.4 Å². The second-order valence-electron chi connectivity index (χ2n) is 6.08. The molecular formula is C21H24BrNO6S. The average molecular weight is 498 g/mol. The predicted molar refractivity (Wildman–Crippen MR) is 121 cm³/mol. The highest BCUT2D eigenvalue weighted by Crippen LogP contribution is 2.41. The molecule has 1 aliphatic heterocycles. The first-order valence-corrected chi connectivity index (χ1v) is 11.1. The smallest absolute Gasteiger partial charge is 0.344 e. The van der Waals surface area contributed by atoms with Crippen LogP contribution in [0.5, 0.6) is 11.5 Å². The zero-order valence-electron chi connectivity index (χ0n) is 17.3. The molecule has 1 aromatic carbocycles. The summed E-state index contributed by atoms with van der Waals surface area (Å²) in [5, 5.41) is 10.8. The van der Waals surface area contributed by atoms with E-state index in [0.717, 1.165) is 11.8 Å². The summed E-state index contributed by atoms with van der Waals surface area (Å²) in [6.07, 6.45) is 2.56. The number of hydrogen-bond acceptors (Lipinski definition) is 7. The van der Waals surface area contributed by atoms with Crippen molar-refractivity contribution in [1.29, 1.82) is 0 Å². The fraction of sp³-hybridized carbons (Fsp3) is 0.381. The summed E-state index contributed by atoms with van der Waals surface area (Å²) < 4.78 is 16.7. The summed E-state index contributed by atoms with van der Waals surface area (Å²) in [7, 11) is 1.53. The van der Waals surface area contributed by atoms with Gasteiger partial charge in [-0.2, -0.15) is 0 Å². The molecule has 1 aliphatic rings. The molecule has 0 aliphatic carbocycles. The number of hydrogen-bond donors (Lipinski definition) is 1. The molecule has 2 rings (SSSR count). The highest BCUT2D eigenvalue weighted by Gasteiger charge is 2.33. The maximum absolute atomic E-state index is 12.4. The highest BCUT2D eigenvalue weighted by atomic mass is 79.9. The second kappa shape index (κ2) is 11.2. The quantitative estimate of drug-likeness (QED) is 0.502. The Morgan fingerprint density at radius 2 is 1.97 bits per heavy atom. The number of carbonyl (C=O) groups excluding carboxylic acids is 2. The van der Waals surface area contributed by atoms with Crippen molar-refractivity contribution in [3.63, 3.8) is 0 Å². The van der Waals surface area contributed by atoms with Gasteiger partial charge < -0.3 is 19.3 Å². The summed E-state index contributed by atoms with van der Waals surface area (Å²) in [6, 6.07) is 3.55. The van der Waals surface area contributed by atoms with Crippen molar-refractivity contribution in [1.82, 2.24) is 0 Å². The summed E-state index contributed by atoms with van der Waals surface area (Å²) in [5.74, 6) is -0.269. The molecule has 0 spiro atoms. The lowest BCUT2D eigenvalue weighted by Gasteiger charge is -2.12. The lowest BCUT2D eigenvalue weighted by atomic mass is 10.1. The zero-order chi connectivity index (χ0) is 22.3. The molecule has 0 bridgehead atoms. The van der Waals surface area contributed by atoms with E-state index in [2.05, 4.69) is 20.9 Å². The number of methoxy groups -OCH3 is 1. The Kier molecular flexibility index (Phi) is 8.98. The number of benzene rings is 1. The number of aliphatic hydroxyl groups is 1. The van der Waals surface area contributed by atoms with Crippen LogP contribution in [0.3, 0.4) is 0 Å². The summed E-state index contributed by atoms with van der Waals surface area (Å²) >= 11 is 4.51. The molecule has 30 heavy (non-hydrogen) atoms. The van der Waals surface area contributed by atoms with Gasteiger partial charge in [0.25, 0.3) is 0 Å². The van der Waals surface area contributed by atoms with Crippen LogP contribution in [0.1, 0.15) is 39.2 Å². The first-order chi connectivity index (χ1) is 14.4. The van der Waals surface area contributed by atoms with Crippen molar-refractivity contribution in [3.8, 4) is 11.5 Å². The van der Waals surface area contributed by atoms with Gasteiger partial charge in [0.15, 0.2) is 11.5 Å². The zero-order valence-corrected chi connectivity index (χ0v) is 19.7. The molecule has 0 unspecified atom stereocenters. The van der Waals surface area contributed by atoms with Crippen LogP contribution in [0.4, 0.5) is 0 Å². The molecule has 7 nitrogen and oxygen atoms in total. The van der Waals surface area contributed by atoms with Gasteiger partial charge in [-0.25, -0.2) is 9.79 Å². The molecule has 0 atom stereocenters. The number of aliphatic imine (C=N–C) groups is 1. The lowest BCUT2D eigenvalue weighted by Crippen LogP contribution is -2.14. The normalized spacial score (nSPS) is 16.3. The van der Waals surface area contributed by atoms with E-state index >= 15 is 0 Å². The standard InChI is InChI=1S/C21H24BrNO6S/c1-5-8-16(24)23-20-17(21(26)29-7-3)18(25)15(30-20)11-12-9-13(22)19(28-6-2)14(10-12)27-4/h9-11,25H,5-8H2,1-4H3/b15-11-,23-20?. The van der Waals surface area contributed by atoms with Gasteiger partial charge in [0, 0.05) is 6.42 Å². The number of nitrogens with zero attached hydrogens (tertiary/aromatic N) is 1. The summed E-state index contributed by atoms with van der Waals surface area (Å²) in [5.41, 5.74) is 0.593. The molecule has 1 aromatic rings. The molecule has 1 N–H and O–H groups in total. The van der Waals surface area contributed by atoms with E-state index in [9.17, 15) is 14.7 Å². The van der Waals surface area contributed by atoms with E-state index in [1.54, 1.807) is 25.1 Å². The first-order valence-electron chi connectivity index (χ1n) is 9.48. The van der Waals surface area contributed by atoms with Gasteiger partial charge >= 0.3 is 5.97 Å². The number of aliphatic hydroxyl groups excluding tert-OH is 1. The number of carbonyl (C=O) groups is 2. The van der Waals surface area contributed by atoms with E-state index in [1.165, 1.54) is 7.11 Å². The van der Waals surface area contributed by atoms with Crippen molar-refractivity contribution in [2.45, 2.75) is 33.6 Å². The van der Waals surface area contributed by atoms with Crippen LogP contribution in [0.25, 0.3) is 6.08 Å². The number of halogens is 1. The minimum absolute atomic E-state index is 0.102. The van der Waals surface area contributed by atoms with Crippen LogP contribution >= 0.6 is 27.7 Å². The lowest BCUT2D eigenvalue weighted by molar-refractivity contribution is -0.138. The summed E-state index contributed by atoms with van der Waals surface area (Å²) in [6.45, 7) is 6.01. The van der Waals surface area contributed by atoms with Gasteiger partial charge in [-0.3, -0.25) is 4.79 Å². The number of rotatable bonds is 8. The van der Waals surface area contributed by atoms with E-state index in [0.29, 0.717) is 39.5 Å². The number of amides is 1. The molecule has 1 amide bonds. The monoisotopic (exact) mass is 497 g/mol. The van der Waals surface area contributed by atoms with Crippen LogP contribution in [0.2, 0.25) is 0 Å².